The summed E-state index contributed by atoms with van der Waals surface area (Å²) in [6.45, 7) is 6.58. The van der Waals surface area contributed by atoms with E-state index in [0.29, 0.717) is 30.4 Å². The zero-order chi connectivity index (χ0) is 27.8. The maximum Gasteiger partial charge on any atom is 0.253 e. The first kappa shape index (κ1) is 29.3. The van der Waals surface area contributed by atoms with Crippen molar-refractivity contribution in [3.05, 3.63) is 83.0 Å². The first-order chi connectivity index (χ1) is 18.8. The van der Waals surface area contributed by atoms with Crippen LogP contribution in [0, 0.1) is 11.8 Å². The fourth-order valence-corrected chi connectivity index (χ4v) is 6.27. The second-order valence-corrected chi connectivity index (χ2v) is 12.1. The molecule has 39 heavy (non-hydrogen) atoms. The highest BCUT2D eigenvalue weighted by atomic mass is 79.9. The number of aliphatic hydroxyl groups is 1. The number of amides is 1. The van der Waals surface area contributed by atoms with Crippen LogP contribution in [0.3, 0.4) is 0 Å². The number of hydrogen-bond donors (Lipinski definition) is 2. The van der Waals surface area contributed by atoms with Gasteiger partial charge in [-0.25, -0.2) is 0 Å². The molecule has 0 bridgehead atoms. The van der Waals surface area contributed by atoms with Gasteiger partial charge in [0.1, 0.15) is 0 Å². The normalized spacial score (nSPS) is 18.6. The van der Waals surface area contributed by atoms with Crippen molar-refractivity contribution in [2.45, 2.75) is 76.9 Å². The van der Waals surface area contributed by atoms with Crippen LogP contribution in [0.1, 0.15) is 80.1 Å². The van der Waals surface area contributed by atoms with Gasteiger partial charge in [-0.15, -0.1) is 6.58 Å². The standard InChI is InChI=1S/C33H41BrN2O3/c1-3-28(37)16-14-25-13-12-24(18-25)8-7-11-29(38)21-36-22-31(30-19-27(34)15-17-32(30)36)33(39)35-20-23(2)26-9-5-4-6-10-26/h3-6,9-10,15,17,19,22-25,28,37H,1,7-8,11-14,16,18,20-21H2,2H3,(H,35,39). The molecule has 0 spiro atoms. The molecule has 3 aromatic rings. The average Bonchev–Trinajstić information content (AvgIpc) is 3.54. The number of carbonyl (C=O) groups excluding carboxylic acids is 2. The molecule has 1 aromatic heterocycles. The number of hydrogen-bond acceptors (Lipinski definition) is 3. The van der Waals surface area contributed by atoms with E-state index in [2.05, 4.69) is 46.9 Å². The second-order valence-electron chi connectivity index (χ2n) is 11.2. The SMILES string of the molecule is C=CC(O)CCC1CCC(CCCC(=O)Cn2cc(C(=O)NCC(C)c3ccccc3)c3cc(Br)ccc32)C1. The Morgan fingerprint density at radius 2 is 1.90 bits per heavy atom. The lowest BCUT2D eigenvalue weighted by molar-refractivity contribution is -0.119. The molecule has 208 valence electrons. The van der Waals surface area contributed by atoms with Gasteiger partial charge in [0.2, 0.25) is 0 Å². The summed E-state index contributed by atoms with van der Waals surface area (Å²) in [6, 6.07) is 16.0. The monoisotopic (exact) mass is 592 g/mol. The number of benzene rings is 2. The lowest BCUT2D eigenvalue weighted by Crippen LogP contribution is -2.27. The van der Waals surface area contributed by atoms with Crippen LogP contribution in [0.25, 0.3) is 10.9 Å². The van der Waals surface area contributed by atoms with Gasteiger partial charge in [-0.3, -0.25) is 9.59 Å². The molecule has 0 saturated heterocycles. The largest absolute Gasteiger partial charge is 0.389 e. The molecule has 4 atom stereocenters. The van der Waals surface area contributed by atoms with Crippen LogP contribution in [-0.2, 0) is 11.3 Å². The molecule has 0 radical (unpaired) electrons. The Morgan fingerprint density at radius 3 is 2.64 bits per heavy atom. The van der Waals surface area contributed by atoms with E-state index in [0.717, 1.165) is 41.1 Å². The number of nitrogens with zero attached hydrogens (tertiary/aromatic N) is 1. The summed E-state index contributed by atoms with van der Waals surface area (Å²) in [5, 5.41) is 13.7. The maximum absolute atomic E-state index is 13.2. The van der Waals surface area contributed by atoms with Crippen molar-refractivity contribution < 1.29 is 14.7 Å². The van der Waals surface area contributed by atoms with Gasteiger partial charge in [0.15, 0.2) is 5.78 Å². The number of halogens is 1. The number of aliphatic hydroxyl groups excluding tert-OH is 1. The molecule has 0 aliphatic heterocycles. The van der Waals surface area contributed by atoms with Crippen molar-refractivity contribution in [2.24, 2.45) is 11.8 Å². The van der Waals surface area contributed by atoms with Crippen molar-refractivity contribution in [3.63, 3.8) is 0 Å². The number of carbonyl (C=O) groups is 2. The van der Waals surface area contributed by atoms with E-state index in [1.807, 2.05) is 47.2 Å². The topological polar surface area (TPSA) is 71.3 Å². The highest BCUT2D eigenvalue weighted by Crippen LogP contribution is 2.37. The van der Waals surface area contributed by atoms with Gasteiger partial charge in [0.05, 0.1) is 18.2 Å². The maximum atomic E-state index is 13.2. The van der Waals surface area contributed by atoms with Crippen LogP contribution in [0.4, 0.5) is 0 Å². The molecule has 6 heteroatoms. The zero-order valence-corrected chi connectivity index (χ0v) is 24.5. The molecular formula is C33H41BrN2O3. The summed E-state index contributed by atoms with van der Waals surface area (Å²) in [6.07, 6.45) is 11.1. The van der Waals surface area contributed by atoms with Crippen LogP contribution in [-0.4, -0.2) is 34.0 Å². The third kappa shape index (κ3) is 8.15. The van der Waals surface area contributed by atoms with E-state index in [1.165, 1.54) is 24.8 Å². The Kier molecular flexibility index (Phi) is 10.6. The molecule has 2 N–H and O–H groups in total. The van der Waals surface area contributed by atoms with Crippen molar-refractivity contribution >= 4 is 38.5 Å². The van der Waals surface area contributed by atoms with Crippen molar-refractivity contribution in [1.82, 2.24) is 9.88 Å². The molecule has 5 nitrogen and oxygen atoms in total. The van der Waals surface area contributed by atoms with Crippen molar-refractivity contribution in [3.8, 4) is 0 Å². The molecule has 4 rings (SSSR count). The Morgan fingerprint density at radius 1 is 1.15 bits per heavy atom. The van der Waals surface area contributed by atoms with Crippen LogP contribution >= 0.6 is 15.9 Å². The molecule has 1 fully saturated rings. The van der Waals surface area contributed by atoms with Crippen LogP contribution < -0.4 is 5.32 Å². The summed E-state index contributed by atoms with van der Waals surface area (Å²) in [7, 11) is 0. The lowest BCUT2D eigenvalue weighted by atomic mass is 9.95. The molecular weight excluding hydrogens is 552 g/mol. The number of fused-ring (bicyclic) bond motifs is 1. The first-order valence-corrected chi connectivity index (χ1v) is 15.1. The molecule has 1 aliphatic rings. The van der Waals surface area contributed by atoms with E-state index in [9.17, 15) is 14.7 Å². The highest BCUT2D eigenvalue weighted by molar-refractivity contribution is 9.10. The highest BCUT2D eigenvalue weighted by Gasteiger charge is 2.25. The first-order valence-electron chi connectivity index (χ1n) is 14.3. The summed E-state index contributed by atoms with van der Waals surface area (Å²) >= 11 is 3.53. The summed E-state index contributed by atoms with van der Waals surface area (Å²) in [5.41, 5.74) is 2.68. The molecule has 4 unspecified atom stereocenters. The summed E-state index contributed by atoms with van der Waals surface area (Å²) in [4.78, 5) is 26.2. The Labute approximate surface area is 240 Å². The molecule has 2 aromatic carbocycles. The zero-order valence-electron chi connectivity index (χ0n) is 22.9. The van der Waals surface area contributed by atoms with Gasteiger partial charge in [-0.2, -0.15) is 0 Å². The van der Waals surface area contributed by atoms with E-state index in [4.69, 9.17) is 0 Å². The minimum absolute atomic E-state index is 0.122. The summed E-state index contributed by atoms with van der Waals surface area (Å²) < 4.78 is 2.83. The third-order valence-electron chi connectivity index (χ3n) is 8.23. The average molecular weight is 594 g/mol. The number of aromatic nitrogens is 1. The van der Waals surface area contributed by atoms with E-state index in [-0.39, 0.29) is 24.2 Å². The van der Waals surface area contributed by atoms with Crippen LogP contribution in [0.5, 0.6) is 0 Å². The van der Waals surface area contributed by atoms with E-state index in [1.54, 1.807) is 6.08 Å². The predicted octanol–water partition coefficient (Wildman–Crippen LogP) is 7.42. The summed E-state index contributed by atoms with van der Waals surface area (Å²) in [5.74, 6) is 1.64. The second kappa shape index (κ2) is 14.1. The third-order valence-corrected chi connectivity index (χ3v) is 8.73. The van der Waals surface area contributed by atoms with Gasteiger partial charge in [0.25, 0.3) is 5.91 Å². The number of rotatable bonds is 14. The number of ketones is 1. The lowest BCUT2D eigenvalue weighted by Gasteiger charge is -2.13. The predicted molar refractivity (Wildman–Crippen MR) is 162 cm³/mol. The van der Waals surface area contributed by atoms with Gasteiger partial charge in [-0.05, 0) is 67.2 Å². The van der Waals surface area contributed by atoms with Crippen molar-refractivity contribution in [2.75, 3.05) is 6.54 Å². The van der Waals surface area contributed by atoms with E-state index < -0.39 is 6.10 Å². The minimum atomic E-state index is -0.392. The fraction of sp³-hybridized carbons (Fsp3) is 0.455. The van der Waals surface area contributed by atoms with E-state index >= 15 is 0 Å². The molecule has 1 heterocycles. The van der Waals surface area contributed by atoms with Crippen LogP contribution in [0.15, 0.2) is 71.9 Å². The Bertz CT molecular complexity index is 1270. The smallest absolute Gasteiger partial charge is 0.253 e. The Hall–Kier alpha value is -2.70. The van der Waals surface area contributed by atoms with Crippen LogP contribution in [0.2, 0.25) is 0 Å². The quantitative estimate of drug-likeness (QED) is 0.191. The Balaban J connectivity index is 1.31. The number of Topliss-reactive ketones (excluding diaryl/α,β-unsaturated/α-hetero) is 1. The fourth-order valence-electron chi connectivity index (χ4n) is 5.91. The van der Waals surface area contributed by atoms with Gasteiger partial charge < -0.3 is 15.0 Å². The molecule has 1 amide bonds. The minimum Gasteiger partial charge on any atom is -0.389 e. The van der Waals surface area contributed by atoms with Gasteiger partial charge in [-0.1, -0.05) is 78.5 Å². The van der Waals surface area contributed by atoms with Gasteiger partial charge >= 0.3 is 0 Å². The molecule has 1 saturated carbocycles. The van der Waals surface area contributed by atoms with Crippen molar-refractivity contribution in [1.29, 1.82) is 0 Å². The number of nitrogens with one attached hydrogen (secondary N) is 1. The molecule has 1 aliphatic carbocycles. The van der Waals surface area contributed by atoms with Gasteiger partial charge in [0, 0.05) is 34.5 Å².